The summed E-state index contributed by atoms with van der Waals surface area (Å²) in [6.07, 6.45) is 4.84. The van der Waals surface area contributed by atoms with Gasteiger partial charge in [-0.1, -0.05) is 70.1 Å². The zero-order valence-electron chi connectivity index (χ0n) is 38.1. The first-order valence-electron chi connectivity index (χ1n) is 23.0. The molecule has 0 saturated carbocycles. The van der Waals surface area contributed by atoms with E-state index >= 15 is 0 Å². The van der Waals surface area contributed by atoms with Crippen molar-refractivity contribution in [3.63, 3.8) is 0 Å². The summed E-state index contributed by atoms with van der Waals surface area (Å²) in [6.45, 7) is 21.2. The Balaban J connectivity index is 1.08. The Morgan fingerprint density at radius 3 is 2.33 bits per heavy atom. The number of hydrogen-bond acceptors (Lipinski definition) is 13. The molecule has 6 rings (SSSR count). The Hall–Kier alpha value is -0.880. The van der Waals surface area contributed by atoms with Crippen molar-refractivity contribution in [2.75, 3.05) is 31.8 Å². The van der Waals surface area contributed by atoms with E-state index in [1.807, 2.05) is 6.92 Å². The van der Waals surface area contributed by atoms with Crippen molar-refractivity contribution >= 4 is 33.7 Å². The highest BCUT2D eigenvalue weighted by molar-refractivity contribution is 8.76. The summed E-state index contributed by atoms with van der Waals surface area (Å²) in [5.74, 6) is -1.81. The molecule has 346 valence electrons. The maximum Gasteiger partial charge on any atom is 0.407 e. The van der Waals surface area contributed by atoms with E-state index in [0.717, 1.165) is 56.5 Å². The largest absolute Gasteiger partial charge is 0.481 e. The lowest BCUT2D eigenvalue weighted by molar-refractivity contribution is -0.353. The van der Waals surface area contributed by atoms with Crippen molar-refractivity contribution in [1.29, 1.82) is 0 Å². The van der Waals surface area contributed by atoms with Gasteiger partial charge in [-0.2, -0.15) is 0 Å². The summed E-state index contributed by atoms with van der Waals surface area (Å²) in [5, 5.41) is 24.2. The van der Waals surface area contributed by atoms with Crippen molar-refractivity contribution in [3.8, 4) is 0 Å². The van der Waals surface area contributed by atoms with Gasteiger partial charge in [-0.05, 0) is 83.5 Å². The Morgan fingerprint density at radius 1 is 0.883 bits per heavy atom. The van der Waals surface area contributed by atoms with E-state index in [2.05, 4.69) is 60.7 Å². The summed E-state index contributed by atoms with van der Waals surface area (Å²) < 4.78 is 53.1. The number of aliphatic hydroxyl groups is 1. The van der Waals surface area contributed by atoms with E-state index in [0.29, 0.717) is 19.4 Å². The van der Waals surface area contributed by atoms with E-state index in [-0.39, 0.29) is 90.9 Å². The summed E-state index contributed by atoms with van der Waals surface area (Å²) in [7, 11) is 5.22. The SMILES string of the molecule is CCSSCCNC(=O)OC[C@]1(O)O[C@@H]([C@H]2C[C@H](C)[C@H]([C@]3(C)CCC([C@@]4(C)C[C@@H](C)[C@@]5(O[C@H](C[C@H]6CC[C@H](C)C([C@@H](C)C(=O)O)O6)C[C@@H](OC)[C@H]5C)O4)O3)O2)[C@@H](C)C[C@H]1C. The molecule has 6 aliphatic heterocycles. The monoisotopic (exact) mass is 887 g/mol. The molecule has 0 radical (unpaired) electrons. The van der Waals surface area contributed by atoms with Crippen molar-refractivity contribution in [2.45, 2.75) is 199 Å². The number of carbonyl (C=O) groups is 2. The zero-order valence-corrected chi connectivity index (χ0v) is 39.8. The van der Waals surface area contributed by atoms with Crippen LogP contribution in [0.2, 0.25) is 0 Å². The number of nitrogens with one attached hydrogen (secondary N) is 1. The number of carbonyl (C=O) groups excluding carboxylic acids is 1. The smallest absolute Gasteiger partial charge is 0.407 e. The Labute approximate surface area is 367 Å². The average molecular weight is 888 g/mol. The first kappa shape index (κ1) is 48.6. The number of amides is 1. The predicted octanol–water partition coefficient (Wildman–Crippen LogP) is 7.84. The van der Waals surface area contributed by atoms with Crippen LogP contribution in [0.4, 0.5) is 4.79 Å². The van der Waals surface area contributed by atoms with Crippen LogP contribution in [0.15, 0.2) is 0 Å². The molecule has 1 amide bonds. The number of aliphatic carboxylic acids is 1. The Bertz CT molecular complexity index is 1460. The number of hydrogen-bond donors (Lipinski definition) is 3. The third-order valence-electron chi connectivity index (χ3n) is 15.3. The van der Waals surface area contributed by atoms with Crippen molar-refractivity contribution < 1.29 is 57.7 Å². The van der Waals surface area contributed by atoms with Gasteiger partial charge in [-0.15, -0.1) is 0 Å². The fraction of sp³-hybridized carbons (Fsp3) is 0.956. The molecule has 6 aliphatic rings. The second-order valence-corrected chi connectivity index (χ2v) is 22.8. The highest BCUT2D eigenvalue weighted by Gasteiger charge is 2.65. The van der Waals surface area contributed by atoms with Crippen LogP contribution in [0, 0.1) is 41.4 Å². The van der Waals surface area contributed by atoms with Crippen LogP contribution >= 0.6 is 21.6 Å². The highest BCUT2D eigenvalue weighted by Crippen LogP contribution is 2.57. The molecule has 3 N–H and O–H groups in total. The fourth-order valence-electron chi connectivity index (χ4n) is 11.8. The minimum Gasteiger partial charge on any atom is -0.481 e. The number of methoxy groups -OCH3 is 1. The van der Waals surface area contributed by atoms with Crippen molar-refractivity contribution in [3.05, 3.63) is 0 Å². The molecule has 0 aromatic heterocycles. The molecule has 6 fully saturated rings. The van der Waals surface area contributed by atoms with Crippen LogP contribution in [0.3, 0.4) is 0 Å². The summed E-state index contributed by atoms with van der Waals surface area (Å²) in [5.41, 5.74) is -1.17. The molecule has 0 aliphatic carbocycles. The number of carboxylic acids is 1. The molecule has 13 nitrogen and oxygen atoms in total. The first-order valence-corrected chi connectivity index (χ1v) is 25.4. The lowest BCUT2D eigenvalue weighted by atomic mass is 9.78. The van der Waals surface area contributed by atoms with Crippen LogP contribution in [0.5, 0.6) is 0 Å². The lowest BCUT2D eigenvalue weighted by Gasteiger charge is -2.50. The standard InChI is InChI=1S/C45H77NO12S2/c1-12-59-60-18-17-46-41(49)52-24-44(50)28(5)19-26(3)38(57-44)35-20-27(4)39(54-35)42(9)16-15-36(56-42)43(10)23-29(6)45(58-43)31(8)34(51-11)22-33(55-45)21-32-14-13-25(2)37(53-32)30(7)40(47)48/h25-39,50H,12-24H2,1-11H3,(H,46,49)(H,47,48)/t25-,26-,27-,28+,29+,30+,31+,32+,33+,34+,35+,36?,37?,38+,39+,42-,43+,44-,45+/m0/s1. The molecule has 19 atom stereocenters. The maximum absolute atomic E-state index is 12.5. The van der Waals surface area contributed by atoms with Gasteiger partial charge in [0.25, 0.3) is 0 Å². The van der Waals surface area contributed by atoms with Gasteiger partial charge in [0.1, 0.15) is 6.61 Å². The van der Waals surface area contributed by atoms with Gasteiger partial charge in [-0.25, -0.2) is 4.79 Å². The third kappa shape index (κ3) is 10.2. The molecule has 0 aromatic carbocycles. The molecular formula is C45H77NO12S2. The summed E-state index contributed by atoms with van der Waals surface area (Å²) in [4.78, 5) is 24.4. The van der Waals surface area contributed by atoms with Crippen molar-refractivity contribution in [2.24, 2.45) is 41.4 Å². The third-order valence-corrected chi connectivity index (χ3v) is 17.7. The molecular weight excluding hydrogens is 811 g/mol. The zero-order chi connectivity index (χ0) is 43.8. The van der Waals surface area contributed by atoms with Crippen LogP contribution in [0.25, 0.3) is 0 Å². The second-order valence-electron chi connectivity index (χ2n) is 20.0. The van der Waals surface area contributed by atoms with E-state index in [1.165, 1.54) is 0 Å². The van der Waals surface area contributed by atoms with E-state index in [9.17, 15) is 19.8 Å². The van der Waals surface area contributed by atoms with Crippen LogP contribution in [-0.4, -0.2) is 126 Å². The van der Waals surface area contributed by atoms with Gasteiger partial charge in [-0.3, -0.25) is 4.79 Å². The molecule has 60 heavy (non-hydrogen) atoms. The Morgan fingerprint density at radius 2 is 1.63 bits per heavy atom. The van der Waals surface area contributed by atoms with Gasteiger partial charge in [0, 0.05) is 55.8 Å². The van der Waals surface area contributed by atoms with Gasteiger partial charge in [0.2, 0.25) is 5.79 Å². The van der Waals surface area contributed by atoms with E-state index in [1.54, 1.807) is 35.6 Å². The number of rotatable bonds is 15. The van der Waals surface area contributed by atoms with Crippen LogP contribution in [-0.2, 0) is 42.7 Å². The summed E-state index contributed by atoms with van der Waals surface area (Å²) in [6, 6.07) is 0. The predicted molar refractivity (Wildman–Crippen MR) is 232 cm³/mol. The van der Waals surface area contributed by atoms with Crippen LogP contribution < -0.4 is 5.32 Å². The molecule has 1 spiro atoms. The van der Waals surface area contributed by atoms with Gasteiger partial charge < -0.3 is 53.4 Å². The molecule has 15 heteroatoms. The topological polar surface area (TPSA) is 160 Å². The maximum atomic E-state index is 12.5. The molecule has 6 heterocycles. The second kappa shape index (κ2) is 19.7. The highest BCUT2D eigenvalue weighted by atomic mass is 33.1. The van der Waals surface area contributed by atoms with Gasteiger partial charge >= 0.3 is 12.1 Å². The minimum absolute atomic E-state index is 0.0261. The molecule has 0 bridgehead atoms. The van der Waals surface area contributed by atoms with Gasteiger partial charge in [0.15, 0.2) is 5.79 Å². The fourth-order valence-corrected chi connectivity index (χ4v) is 13.4. The molecule has 2 unspecified atom stereocenters. The minimum atomic E-state index is -1.62. The molecule has 6 saturated heterocycles. The summed E-state index contributed by atoms with van der Waals surface area (Å²) >= 11 is 0. The van der Waals surface area contributed by atoms with Gasteiger partial charge in [0.05, 0.1) is 66.0 Å². The number of alkyl carbamates (subject to hydrolysis) is 1. The first-order chi connectivity index (χ1) is 28.3. The normalized spacial score (nSPS) is 47.7. The number of ether oxygens (including phenoxy) is 8. The Kier molecular flexibility index (Phi) is 15.9. The van der Waals surface area contributed by atoms with E-state index in [4.69, 9.17) is 37.9 Å². The van der Waals surface area contributed by atoms with Crippen LogP contribution in [0.1, 0.15) is 127 Å². The molecule has 0 aromatic rings. The van der Waals surface area contributed by atoms with E-state index < -0.39 is 40.8 Å². The quantitative estimate of drug-likeness (QED) is 0.108. The number of carboxylic acid groups (broad SMARTS) is 1. The average Bonchev–Trinajstić information content (AvgIpc) is 3.88. The lowest BCUT2D eigenvalue weighted by Crippen LogP contribution is -2.58. The van der Waals surface area contributed by atoms with Crippen molar-refractivity contribution in [1.82, 2.24) is 5.32 Å².